The number of esters is 1. The highest BCUT2D eigenvalue weighted by Gasteiger charge is 2.64. The number of carbonyl (C=O) groups is 2. The maximum Gasteiger partial charge on any atom is 0.336 e. The Morgan fingerprint density at radius 3 is 2.87 bits per heavy atom. The van der Waals surface area contributed by atoms with E-state index in [0.717, 1.165) is 47.0 Å². The number of aliphatic hydroxyl groups is 1. The summed E-state index contributed by atoms with van der Waals surface area (Å²) in [5.41, 5.74) is 7.91. The van der Waals surface area contributed by atoms with Crippen molar-refractivity contribution in [1.82, 2.24) is 15.2 Å². The van der Waals surface area contributed by atoms with E-state index in [1.54, 1.807) is 42.1 Å². The highest BCUT2D eigenvalue weighted by atomic mass is 33.1. The highest BCUT2D eigenvalue weighted by molar-refractivity contribution is 8.77. The van der Waals surface area contributed by atoms with Crippen molar-refractivity contribution in [3.05, 3.63) is 86.9 Å². The van der Waals surface area contributed by atoms with Crippen LogP contribution < -0.4 is 21.4 Å². The third-order valence-electron chi connectivity index (χ3n) is 12.0. The predicted molar refractivity (Wildman–Crippen MR) is 202 cm³/mol. The van der Waals surface area contributed by atoms with Gasteiger partial charge in [-0.2, -0.15) is 0 Å². The van der Waals surface area contributed by atoms with Gasteiger partial charge in [-0.1, -0.05) is 39.3 Å². The predicted octanol–water partition coefficient (Wildman–Crippen LogP) is 4.70. The number of allylic oxidation sites excluding steroid dienone is 1. The summed E-state index contributed by atoms with van der Waals surface area (Å²) in [5, 5.41) is 14.3. The van der Waals surface area contributed by atoms with Gasteiger partial charge in [0.05, 0.1) is 18.4 Å². The fourth-order valence-corrected chi connectivity index (χ4v) is 12.4. The lowest BCUT2D eigenvalue weighted by molar-refractivity contribution is -0.183. The molecule has 8 rings (SSSR count). The van der Waals surface area contributed by atoms with Crippen molar-refractivity contribution in [1.29, 1.82) is 0 Å². The molecule has 7 atom stereocenters. The third-order valence-corrected chi connectivity index (χ3v) is 14.9. The normalized spacial score (nSPS) is 31.2. The van der Waals surface area contributed by atoms with E-state index in [0.29, 0.717) is 58.5 Å². The number of rotatable bonds is 5. The number of carbonyl (C=O) groups excluding carboxylic acids is 2. The number of ether oxygens (including phenoxy) is 2. The van der Waals surface area contributed by atoms with E-state index in [1.165, 1.54) is 6.07 Å². The number of pyridine rings is 1. The number of nitrogen functional groups attached to an aromatic ring is 1. The first-order chi connectivity index (χ1) is 25.1. The van der Waals surface area contributed by atoms with Crippen LogP contribution in [0.3, 0.4) is 0 Å². The first-order valence-corrected chi connectivity index (χ1v) is 20.4. The zero-order valence-corrected chi connectivity index (χ0v) is 31.2. The molecule has 274 valence electrons. The van der Waals surface area contributed by atoms with E-state index in [-0.39, 0.29) is 31.4 Å². The van der Waals surface area contributed by atoms with Crippen LogP contribution in [0, 0.1) is 5.92 Å². The Morgan fingerprint density at radius 2 is 2.08 bits per heavy atom. The molecule has 4 N–H and O–H groups in total. The number of aliphatic hydroxyl groups excluding tert-OH is 1. The Labute approximate surface area is 310 Å². The zero-order valence-electron chi connectivity index (χ0n) is 29.6. The molecule has 13 heteroatoms. The summed E-state index contributed by atoms with van der Waals surface area (Å²) in [6.07, 6.45) is 8.70. The molecule has 3 aromatic rings. The molecular weight excluding hydrogens is 701 g/mol. The molecular formula is C39H44N4O7S2. The minimum Gasteiger partial charge on any atom is -0.481 e. The number of aromatic nitrogens is 1. The molecule has 0 radical (unpaired) electrons. The van der Waals surface area contributed by atoms with E-state index >= 15 is 0 Å². The topological polar surface area (TPSA) is 157 Å². The number of amides is 1. The number of nitrogens with two attached hydrogens (primary N) is 1. The van der Waals surface area contributed by atoms with Crippen LogP contribution >= 0.6 is 21.6 Å². The standard InChI is InChI=1S/C39H44N4O7S2/c1-4-21(10-12-44)37(47)50-38(2)11-9-23-20-51-52-31-7-6-28(41-3)27-19-43(36(27)31)33(45)14-25-18-42-32(40)15-26(25)35(23)39(38)17-24-13-22-5-8-34(46)48-29(22)16-30(24)49-39/h4-5,8-9,13,15-16,18,27-28,31,35-36,41,44H,6-7,10-12,14,17,19-20H2,1-3H3,(H2,40,42). The molecule has 3 aliphatic heterocycles. The van der Waals surface area contributed by atoms with Crippen molar-refractivity contribution in [2.75, 3.05) is 31.7 Å². The Balaban J connectivity index is 1.28. The van der Waals surface area contributed by atoms with Crippen LogP contribution in [0.4, 0.5) is 5.82 Å². The summed E-state index contributed by atoms with van der Waals surface area (Å²) < 4.78 is 19.3. The van der Waals surface area contributed by atoms with Crippen LogP contribution in [0.15, 0.2) is 69.0 Å². The second-order valence-corrected chi connectivity index (χ2v) is 17.4. The molecule has 2 fully saturated rings. The minimum atomic E-state index is -1.22. The summed E-state index contributed by atoms with van der Waals surface area (Å²) in [6, 6.07) is 9.27. The molecule has 0 bridgehead atoms. The van der Waals surface area contributed by atoms with Gasteiger partial charge in [-0.25, -0.2) is 14.6 Å². The van der Waals surface area contributed by atoms with Crippen LogP contribution in [-0.2, 0) is 27.2 Å². The number of fused-ring (bicyclic) bond motifs is 6. The van der Waals surface area contributed by atoms with Crippen LogP contribution in [0.25, 0.3) is 11.0 Å². The summed E-state index contributed by atoms with van der Waals surface area (Å²) >= 11 is 0. The summed E-state index contributed by atoms with van der Waals surface area (Å²) in [7, 11) is 5.69. The summed E-state index contributed by atoms with van der Waals surface area (Å²) in [5.74, 6) is 1.00. The maximum atomic E-state index is 14.3. The van der Waals surface area contributed by atoms with E-state index in [2.05, 4.69) is 21.3 Å². The Kier molecular flexibility index (Phi) is 9.20. The van der Waals surface area contributed by atoms with Crippen LogP contribution in [0.2, 0.25) is 0 Å². The molecule has 1 spiro atoms. The Hall–Kier alpha value is -3.78. The Morgan fingerprint density at radius 1 is 1.23 bits per heavy atom. The Bertz CT molecular complexity index is 2070. The van der Waals surface area contributed by atoms with Gasteiger partial charge in [-0.15, -0.1) is 0 Å². The van der Waals surface area contributed by atoms with E-state index in [9.17, 15) is 19.5 Å². The van der Waals surface area contributed by atoms with Crippen molar-refractivity contribution >= 4 is 50.3 Å². The van der Waals surface area contributed by atoms with Gasteiger partial charge in [0.25, 0.3) is 0 Å². The SMILES string of the molecule is CC=C(CCO)C(=O)OC1(C)CC=C2CSSC3CCC(NC)C4CN(C(=O)Cc5cnc(N)cc5C2C12Cc1cc5ccc(=O)oc5cc1O2)C34. The molecule has 1 aromatic carbocycles. The number of anilines is 1. The third kappa shape index (κ3) is 5.75. The van der Waals surface area contributed by atoms with Crippen molar-refractivity contribution in [2.24, 2.45) is 5.92 Å². The van der Waals surface area contributed by atoms with Crippen LogP contribution in [0.1, 0.15) is 62.1 Å². The van der Waals surface area contributed by atoms with E-state index in [4.69, 9.17) is 19.6 Å². The fraction of sp³-hybridized carbons (Fsp3) is 0.487. The molecule has 1 amide bonds. The molecule has 7 unspecified atom stereocenters. The van der Waals surface area contributed by atoms with Gasteiger partial charge in [0.2, 0.25) is 5.91 Å². The largest absolute Gasteiger partial charge is 0.481 e. The van der Waals surface area contributed by atoms with Gasteiger partial charge in [0.1, 0.15) is 17.2 Å². The van der Waals surface area contributed by atoms with Crippen molar-refractivity contribution in [3.63, 3.8) is 0 Å². The lowest BCUT2D eigenvalue weighted by Gasteiger charge is -2.57. The number of nitrogens with one attached hydrogen (secondary N) is 1. The van der Waals surface area contributed by atoms with Gasteiger partial charge < -0.3 is 34.9 Å². The summed E-state index contributed by atoms with van der Waals surface area (Å²) in [6.45, 7) is 4.20. The molecule has 2 aliphatic carbocycles. The zero-order chi connectivity index (χ0) is 36.4. The van der Waals surface area contributed by atoms with Gasteiger partial charge in [-0.05, 0) is 68.6 Å². The summed E-state index contributed by atoms with van der Waals surface area (Å²) in [4.78, 5) is 46.9. The molecule has 1 saturated heterocycles. The first-order valence-electron chi connectivity index (χ1n) is 18.0. The number of hydrogen-bond donors (Lipinski definition) is 3. The van der Waals surface area contributed by atoms with Crippen molar-refractivity contribution in [2.45, 2.75) is 86.8 Å². The average Bonchev–Trinajstić information content (AvgIpc) is 3.47. The van der Waals surface area contributed by atoms with Gasteiger partial charge in [-0.3, -0.25) is 4.79 Å². The minimum absolute atomic E-state index is 0.0604. The average molecular weight is 745 g/mol. The number of nitrogens with zero attached hydrogens (tertiary/aromatic N) is 2. The molecule has 11 nitrogen and oxygen atoms in total. The lowest BCUT2D eigenvalue weighted by Crippen LogP contribution is -2.69. The van der Waals surface area contributed by atoms with Gasteiger partial charge >= 0.3 is 11.6 Å². The van der Waals surface area contributed by atoms with Gasteiger partial charge in [0, 0.05) is 84.7 Å². The van der Waals surface area contributed by atoms with Crippen molar-refractivity contribution < 1.29 is 28.6 Å². The molecule has 2 aromatic heterocycles. The second kappa shape index (κ2) is 13.6. The first kappa shape index (κ1) is 35.3. The monoisotopic (exact) mass is 744 g/mol. The molecule has 5 aliphatic rings. The van der Waals surface area contributed by atoms with Gasteiger partial charge in [0.15, 0.2) is 11.2 Å². The molecule has 52 heavy (non-hydrogen) atoms. The smallest absolute Gasteiger partial charge is 0.336 e. The van der Waals surface area contributed by atoms with Crippen molar-refractivity contribution in [3.8, 4) is 5.75 Å². The number of hydrogen-bond acceptors (Lipinski definition) is 12. The fourth-order valence-electron chi connectivity index (χ4n) is 9.28. The number of benzene rings is 1. The molecule has 5 heterocycles. The maximum absolute atomic E-state index is 14.3. The van der Waals surface area contributed by atoms with Crippen LogP contribution in [-0.4, -0.2) is 81.4 Å². The van der Waals surface area contributed by atoms with E-state index in [1.807, 2.05) is 36.9 Å². The van der Waals surface area contributed by atoms with Crippen LogP contribution in [0.5, 0.6) is 5.75 Å². The van der Waals surface area contributed by atoms with E-state index < -0.39 is 28.7 Å². The second-order valence-electron chi connectivity index (χ2n) is 14.8. The highest BCUT2D eigenvalue weighted by Crippen LogP contribution is 2.59. The quantitative estimate of drug-likeness (QED) is 0.109. The molecule has 1 saturated carbocycles. The lowest BCUT2D eigenvalue weighted by atomic mass is 9.61.